The van der Waals surface area contributed by atoms with E-state index in [2.05, 4.69) is 13.8 Å². The Hall–Kier alpha value is -0.180. The van der Waals surface area contributed by atoms with E-state index in [4.69, 9.17) is 0 Å². The smallest absolute Gasteiger partial charge is 0.148 e. The van der Waals surface area contributed by atoms with Gasteiger partial charge in [0.2, 0.25) is 0 Å². The average Bonchev–Trinajstić information content (AvgIpc) is 2.85. The van der Waals surface area contributed by atoms with Crippen LogP contribution >= 0.6 is 0 Å². The third kappa shape index (κ3) is 4.03. The van der Waals surface area contributed by atoms with Crippen molar-refractivity contribution in [2.45, 2.75) is 33.1 Å². The first kappa shape index (κ1) is 10.9. The summed E-state index contributed by atoms with van der Waals surface area (Å²) in [4.78, 5) is 11.3. The van der Waals surface area contributed by atoms with Gasteiger partial charge in [-0.2, -0.15) is 0 Å². The number of carbonyl (C=O) groups is 1. The number of Topliss-reactive ketones (excluding diaryl/α,β-unsaturated/α-hetero) is 1. The third-order valence-electron chi connectivity index (χ3n) is 2.50. The zero-order valence-corrected chi connectivity index (χ0v) is 9.23. The molecule has 1 fully saturated rings. The summed E-state index contributed by atoms with van der Waals surface area (Å²) in [5, 5.41) is 0. The lowest BCUT2D eigenvalue weighted by atomic mass is 10.2. The predicted octanol–water partition coefficient (Wildman–Crippen LogP) is 1.76. The van der Waals surface area contributed by atoms with Crippen LogP contribution in [-0.2, 0) is 15.6 Å². The van der Waals surface area contributed by atoms with E-state index in [0.717, 1.165) is 19.3 Å². The van der Waals surface area contributed by atoms with Gasteiger partial charge in [0.15, 0.2) is 0 Å². The van der Waals surface area contributed by atoms with Crippen LogP contribution in [0, 0.1) is 11.8 Å². The van der Waals surface area contributed by atoms with E-state index >= 15 is 0 Å². The van der Waals surface area contributed by atoms with Gasteiger partial charge in [0, 0.05) is 22.5 Å². The number of ketones is 1. The van der Waals surface area contributed by atoms with Crippen LogP contribution in [0.5, 0.6) is 0 Å². The maximum atomic E-state index is 11.4. The zero-order chi connectivity index (χ0) is 9.84. The van der Waals surface area contributed by atoms with Crippen molar-refractivity contribution in [1.82, 2.24) is 0 Å². The molecule has 2 unspecified atom stereocenters. The van der Waals surface area contributed by atoms with Crippen molar-refractivity contribution in [1.29, 1.82) is 0 Å². The lowest BCUT2D eigenvalue weighted by Gasteiger charge is -2.06. The Morgan fingerprint density at radius 1 is 1.54 bits per heavy atom. The lowest BCUT2D eigenvalue weighted by Crippen LogP contribution is -2.17. The Kier molecular flexibility index (Phi) is 4.10. The number of hydrogen-bond donors (Lipinski definition) is 0. The van der Waals surface area contributed by atoms with Gasteiger partial charge in [-0.25, -0.2) is 0 Å². The third-order valence-corrected chi connectivity index (χ3v) is 4.05. The fourth-order valence-corrected chi connectivity index (χ4v) is 2.72. The zero-order valence-electron chi connectivity index (χ0n) is 8.41. The van der Waals surface area contributed by atoms with Crippen molar-refractivity contribution in [2.24, 2.45) is 11.8 Å². The van der Waals surface area contributed by atoms with E-state index in [0.29, 0.717) is 17.4 Å². The molecule has 0 radical (unpaired) electrons. The summed E-state index contributed by atoms with van der Waals surface area (Å²) in [6.45, 7) is 4.17. The highest BCUT2D eigenvalue weighted by molar-refractivity contribution is 7.85. The van der Waals surface area contributed by atoms with Gasteiger partial charge in [-0.05, 0) is 18.8 Å². The average molecular weight is 202 g/mol. The van der Waals surface area contributed by atoms with Gasteiger partial charge in [-0.3, -0.25) is 9.00 Å². The monoisotopic (exact) mass is 202 g/mol. The molecule has 0 N–H and O–H groups in total. The molecule has 0 aromatic rings. The summed E-state index contributed by atoms with van der Waals surface area (Å²) in [6.07, 6.45) is 3.10. The van der Waals surface area contributed by atoms with Crippen LogP contribution in [0.4, 0.5) is 0 Å². The fourth-order valence-electron chi connectivity index (χ4n) is 1.18. The van der Waals surface area contributed by atoms with Crippen LogP contribution in [-0.4, -0.2) is 21.5 Å². The van der Waals surface area contributed by atoms with E-state index in [9.17, 15) is 9.00 Å². The molecule has 0 amide bonds. The van der Waals surface area contributed by atoms with Crippen LogP contribution in [0.2, 0.25) is 0 Å². The lowest BCUT2D eigenvalue weighted by molar-refractivity contribution is -0.117. The minimum atomic E-state index is -0.910. The van der Waals surface area contributed by atoms with Crippen molar-refractivity contribution in [3.8, 4) is 0 Å². The molecule has 2 nitrogen and oxygen atoms in total. The van der Waals surface area contributed by atoms with Gasteiger partial charge in [0.25, 0.3) is 0 Å². The van der Waals surface area contributed by atoms with Crippen LogP contribution in [0.15, 0.2) is 0 Å². The Labute approximate surface area is 82.6 Å². The summed E-state index contributed by atoms with van der Waals surface area (Å²) in [5.74, 6) is 1.96. The first-order valence-electron chi connectivity index (χ1n) is 5.01. The Balaban J connectivity index is 2.19. The maximum absolute atomic E-state index is 11.4. The van der Waals surface area contributed by atoms with Gasteiger partial charge in [0.1, 0.15) is 5.78 Å². The minimum absolute atomic E-state index is 0.224. The van der Waals surface area contributed by atoms with Crippen molar-refractivity contribution in [3.05, 3.63) is 0 Å². The van der Waals surface area contributed by atoms with Gasteiger partial charge < -0.3 is 0 Å². The number of carbonyl (C=O) groups excluding carboxylic acids is 1. The first-order valence-corrected chi connectivity index (χ1v) is 6.50. The molecule has 3 heteroatoms. The fraction of sp³-hybridized carbons (Fsp3) is 0.900. The number of hydrogen-bond acceptors (Lipinski definition) is 2. The molecular formula is C10H18O2S. The van der Waals surface area contributed by atoms with E-state index in [1.807, 2.05) is 0 Å². The topological polar surface area (TPSA) is 34.1 Å². The SMILES string of the molecule is CCC(C)CS(=O)CC(=O)C1CC1. The standard InChI is InChI=1S/C10H18O2S/c1-3-8(2)6-13(12)7-10(11)9-4-5-9/h8-9H,3-7H2,1-2H3. The summed E-state index contributed by atoms with van der Waals surface area (Å²) in [6, 6.07) is 0. The summed E-state index contributed by atoms with van der Waals surface area (Å²) >= 11 is 0. The normalized spacial score (nSPS) is 21.1. The second kappa shape index (κ2) is 4.89. The molecule has 1 saturated carbocycles. The first-order chi connectivity index (χ1) is 6.13. The van der Waals surface area contributed by atoms with Gasteiger partial charge >= 0.3 is 0 Å². The van der Waals surface area contributed by atoms with E-state index < -0.39 is 10.8 Å². The molecule has 1 aliphatic rings. The molecule has 0 aliphatic heterocycles. The van der Waals surface area contributed by atoms with Crippen molar-refractivity contribution >= 4 is 16.6 Å². The van der Waals surface area contributed by atoms with E-state index in [-0.39, 0.29) is 11.7 Å². The Morgan fingerprint density at radius 2 is 2.15 bits per heavy atom. The maximum Gasteiger partial charge on any atom is 0.148 e. The highest BCUT2D eigenvalue weighted by atomic mass is 32.2. The molecule has 76 valence electrons. The molecule has 1 rings (SSSR count). The molecule has 0 saturated heterocycles. The van der Waals surface area contributed by atoms with Crippen molar-refractivity contribution in [3.63, 3.8) is 0 Å². The van der Waals surface area contributed by atoms with Crippen molar-refractivity contribution in [2.75, 3.05) is 11.5 Å². The largest absolute Gasteiger partial charge is 0.298 e. The summed E-state index contributed by atoms with van der Waals surface area (Å²) in [5.41, 5.74) is 0. The molecule has 0 spiro atoms. The van der Waals surface area contributed by atoms with E-state index in [1.54, 1.807) is 0 Å². The Morgan fingerprint density at radius 3 is 2.62 bits per heavy atom. The van der Waals surface area contributed by atoms with Gasteiger partial charge in [-0.15, -0.1) is 0 Å². The second-order valence-electron chi connectivity index (χ2n) is 4.00. The molecule has 0 aromatic carbocycles. The van der Waals surface area contributed by atoms with Gasteiger partial charge in [0.05, 0.1) is 5.75 Å². The summed E-state index contributed by atoms with van der Waals surface area (Å²) in [7, 11) is -0.910. The Bertz CT molecular complexity index is 209. The molecule has 0 aromatic heterocycles. The highest BCUT2D eigenvalue weighted by Gasteiger charge is 2.30. The van der Waals surface area contributed by atoms with E-state index in [1.165, 1.54) is 0 Å². The molecule has 2 atom stereocenters. The van der Waals surface area contributed by atoms with Crippen LogP contribution in [0.1, 0.15) is 33.1 Å². The highest BCUT2D eigenvalue weighted by Crippen LogP contribution is 2.30. The predicted molar refractivity (Wildman–Crippen MR) is 55.1 cm³/mol. The molecule has 1 aliphatic carbocycles. The summed E-state index contributed by atoms with van der Waals surface area (Å²) < 4.78 is 11.4. The molecule has 0 heterocycles. The molecular weight excluding hydrogens is 184 g/mol. The van der Waals surface area contributed by atoms with Gasteiger partial charge in [-0.1, -0.05) is 20.3 Å². The molecule has 0 bridgehead atoms. The van der Waals surface area contributed by atoms with Crippen LogP contribution < -0.4 is 0 Å². The quantitative estimate of drug-likeness (QED) is 0.657. The van der Waals surface area contributed by atoms with Crippen molar-refractivity contribution < 1.29 is 9.00 Å². The van der Waals surface area contributed by atoms with Crippen LogP contribution in [0.25, 0.3) is 0 Å². The second-order valence-corrected chi connectivity index (χ2v) is 5.51. The van der Waals surface area contributed by atoms with Crippen LogP contribution in [0.3, 0.4) is 0 Å². The molecule has 13 heavy (non-hydrogen) atoms. The number of rotatable bonds is 6. The minimum Gasteiger partial charge on any atom is -0.298 e.